The summed E-state index contributed by atoms with van der Waals surface area (Å²) in [5.41, 5.74) is 7.07. The molecule has 0 aliphatic carbocycles. The molecular weight excluding hydrogens is 1170 g/mol. The molecular formula is C36H49I4N7O8. The molecule has 0 radical (unpaired) electrons. The van der Waals surface area contributed by atoms with Crippen molar-refractivity contribution in [3.05, 3.63) is 47.7 Å². The standard InChI is InChI=1S/C36H49I4N7O8/c1-17-21(32(52)44-12-13-48)25(37)23(34(54)43-11-10-36(6,7)55-16-35(4,5)15-41)27(39)29(17)46-20(50)14-45-33(53)22-18(2)30(47(9)19(3)49)28(40)24(26(22)38)31(51)42-8/h48H,10-16,41H2,1-9H3,(H,42,51)(H,43,54)(H,44,52)(H,45,53)(H,46,50). The van der Waals surface area contributed by atoms with Gasteiger partial charge in [-0.3, -0.25) is 28.8 Å². The van der Waals surface area contributed by atoms with E-state index in [1.807, 2.05) is 118 Å². The van der Waals surface area contributed by atoms with E-state index < -0.39 is 41.7 Å². The fourth-order valence-electron chi connectivity index (χ4n) is 5.13. The Kier molecular flexibility index (Phi) is 18.9. The van der Waals surface area contributed by atoms with Gasteiger partial charge < -0.3 is 47.1 Å². The number of nitrogens with one attached hydrogen (secondary N) is 5. The van der Waals surface area contributed by atoms with E-state index in [-0.39, 0.29) is 59.0 Å². The van der Waals surface area contributed by atoms with Gasteiger partial charge in [0.05, 0.1) is 66.1 Å². The topological polar surface area (TPSA) is 221 Å². The van der Waals surface area contributed by atoms with Crippen molar-refractivity contribution in [2.45, 2.75) is 60.5 Å². The number of hydrogen-bond acceptors (Lipinski definition) is 9. The van der Waals surface area contributed by atoms with Gasteiger partial charge in [0.2, 0.25) is 11.8 Å². The van der Waals surface area contributed by atoms with Gasteiger partial charge in [0, 0.05) is 46.7 Å². The molecule has 0 saturated carbocycles. The zero-order valence-electron chi connectivity index (χ0n) is 32.3. The first kappa shape index (κ1) is 49.2. The van der Waals surface area contributed by atoms with Crippen molar-refractivity contribution in [2.75, 3.05) is 63.7 Å². The molecule has 0 unspecified atom stereocenters. The minimum atomic E-state index is -0.659. The zero-order valence-corrected chi connectivity index (χ0v) is 40.9. The molecule has 0 aliphatic heterocycles. The van der Waals surface area contributed by atoms with Crippen LogP contribution >= 0.6 is 90.4 Å². The van der Waals surface area contributed by atoms with Crippen molar-refractivity contribution < 1.29 is 38.6 Å². The Bertz CT molecular complexity index is 1850. The summed E-state index contributed by atoms with van der Waals surface area (Å²) < 4.78 is 7.64. The number of benzene rings is 2. The van der Waals surface area contributed by atoms with Crippen molar-refractivity contribution in [3.8, 4) is 0 Å². The van der Waals surface area contributed by atoms with Crippen LogP contribution < -0.4 is 37.2 Å². The molecule has 0 saturated heterocycles. The highest BCUT2D eigenvalue weighted by molar-refractivity contribution is 14.1. The minimum Gasteiger partial charge on any atom is -0.395 e. The van der Waals surface area contributed by atoms with Crippen LogP contribution in [0, 0.1) is 33.5 Å². The maximum absolute atomic E-state index is 13.8. The van der Waals surface area contributed by atoms with E-state index in [0.29, 0.717) is 50.7 Å². The first-order valence-corrected chi connectivity index (χ1v) is 21.4. The summed E-state index contributed by atoms with van der Waals surface area (Å²) >= 11 is 7.76. The van der Waals surface area contributed by atoms with Gasteiger partial charge >= 0.3 is 0 Å². The monoisotopic (exact) mass is 1210 g/mol. The average molecular weight is 1220 g/mol. The fraction of sp³-hybridized carbons (Fsp3) is 0.500. The lowest BCUT2D eigenvalue weighted by atomic mass is 9.94. The molecule has 0 aliphatic rings. The Hall–Kier alpha value is -1.94. The lowest BCUT2D eigenvalue weighted by Crippen LogP contribution is -2.38. The van der Waals surface area contributed by atoms with Gasteiger partial charge in [-0.1, -0.05) is 13.8 Å². The number of nitrogens with zero attached hydrogens (tertiary/aromatic N) is 1. The number of carbonyl (C=O) groups excluding carboxylic acids is 6. The molecule has 0 aromatic heterocycles. The molecule has 0 bridgehead atoms. The van der Waals surface area contributed by atoms with Crippen LogP contribution in [0.4, 0.5) is 11.4 Å². The highest BCUT2D eigenvalue weighted by atomic mass is 127. The second-order valence-electron chi connectivity index (χ2n) is 14.0. The number of ether oxygens (including phenoxy) is 1. The van der Waals surface area contributed by atoms with Crippen molar-refractivity contribution in [3.63, 3.8) is 0 Å². The first-order valence-electron chi connectivity index (χ1n) is 17.1. The number of carbonyl (C=O) groups is 6. The summed E-state index contributed by atoms with van der Waals surface area (Å²) in [7, 11) is 3.00. The summed E-state index contributed by atoms with van der Waals surface area (Å²) in [6.07, 6.45) is 0.474. The van der Waals surface area contributed by atoms with Crippen LogP contribution in [-0.4, -0.2) is 99.6 Å². The van der Waals surface area contributed by atoms with E-state index in [2.05, 4.69) is 26.6 Å². The summed E-state index contributed by atoms with van der Waals surface area (Å²) in [5, 5.41) is 22.8. The number of amides is 6. The van der Waals surface area contributed by atoms with E-state index in [1.54, 1.807) is 20.9 Å². The zero-order chi connectivity index (χ0) is 42.2. The van der Waals surface area contributed by atoms with E-state index in [4.69, 9.17) is 10.5 Å². The molecule has 0 heterocycles. The molecule has 8 N–H and O–H groups in total. The molecule has 55 heavy (non-hydrogen) atoms. The molecule has 0 spiro atoms. The Balaban J connectivity index is 2.48. The predicted molar refractivity (Wildman–Crippen MR) is 246 cm³/mol. The minimum absolute atomic E-state index is 0.0338. The van der Waals surface area contributed by atoms with Crippen LogP contribution in [0.5, 0.6) is 0 Å². The van der Waals surface area contributed by atoms with Crippen LogP contribution in [0.25, 0.3) is 0 Å². The van der Waals surface area contributed by atoms with Gasteiger partial charge in [-0.2, -0.15) is 0 Å². The van der Waals surface area contributed by atoms with Crippen molar-refractivity contribution in [1.29, 1.82) is 0 Å². The third-order valence-electron chi connectivity index (χ3n) is 8.66. The van der Waals surface area contributed by atoms with Gasteiger partial charge in [-0.05, 0) is 142 Å². The molecule has 19 heteroatoms. The third kappa shape index (κ3) is 12.5. The number of aliphatic hydroxyl groups is 1. The van der Waals surface area contributed by atoms with Crippen LogP contribution in [0.2, 0.25) is 0 Å². The molecule has 0 atom stereocenters. The maximum atomic E-state index is 13.8. The Morgan fingerprint density at radius 1 is 0.764 bits per heavy atom. The molecule has 15 nitrogen and oxygen atoms in total. The predicted octanol–water partition coefficient (Wildman–Crippen LogP) is 4.05. The number of rotatable bonds is 17. The molecule has 2 aromatic carbocycles. The number of nitrogens with two attached hydrogens (primary N) is 1. The number of aliphatic hydroxyl groups excluding tert-OH is 1. The number of hydrogen-bond donors (Lipinski definition) is 7. The van der Waals surface area contributed by atoms with Crippen molar-refractivity contribution in [1.82, 2.24) is 21.3 Å². The summed E-state index contributed by atoms with van der Waals surface area (Å²) in [6.45, 7) is 12.8. The summed E-state index contributed by atoms with van der Waals surface area (Å²) in [6, 6.07) is 0. The van der Waals surface area contributed by atoms with E-state index in [0.717, 1.165) is 0 Å². The normalized spacial score (nSPS) is 11.5. The Morgan fingerprint density at radius 3 is 1.80 bits per heavy atom. The van der Waals surface area contributed by atoms with Crippen molar-refractivity contribution >= 4 is 137 Å². The second kappa shape index (κ2) is 21.2. The molecule has 304 valence electrons. The highest BCUT2D eigenvalue weighted by Gasteiger charge is 2.31. The number of anilines is 2. The Morgan fingerprint density at radius 2 is 1.27 bits per heavy atom. The Labute approximate surface area is 376 Å². The van der Waals surface area contributed by atoms with Gasteiger partial charge in [-0.25, -0.2) is 0 Å². The quantitative estimate of drug-likeness (QED) is 0.114. The third-order valence-corrected chi connectivity index (χ3v) is 12.9. The highest BCUT2D eigenvalue weighted by Crippen LogP contribution is 2.37. The van der Waals surface area contributed by atoms with Gasteiger partial charge in [-0.15, -0.1) is 0 Å². The largest absolute Gasteiger partial charge is 0.395 e. The SMILES string of the molecule is CNC(=O)c1c(I)c(C(=O)NCC(=O)Nc2c(C)c(C(=O)NCCO)c(I)c(C(=O)NCCC(C)(C)OCC(C)(C)CN)c2I)c(C)c(N(C)C(C)=O)c1I. The average Bonchev–Trinajstić information content (AvgIpc) is 3.10. The van der Waals surface area contributed by atoms with Crippen LogP contribution in [0.1, 0.15) is 93.6 Å². The van der Waals surface area contributed by atoms with Crippen LogP contribution in [0.15, 0.2) is 0 Å². The van der Waals surface area contributed by atoms with Gasteiger partial charge in [0.25, 0.3) is 23.6 Å². The van der Waals surface area contributed by atoms with E-state index >= 15 is 0 Å². The van der Waals surface area contributed by atoms with Crippen molar-refractivity contribution in [2.24, 2.45) is 11.1 Å². The van der Waals surface area contributed by atoms with Gasteiger partial charge in [0.15, 0.2) is 0 Å². The number of halogens is 4. The smallest absolute Gasteiger partial charge is 0.253 e. The first-order chi connectivity index (χ1) is 25.5. The lowest BCUT2D eigenvalue weighted by Gasteiger charge is -2.31. The lowest BCUT2D eigenvalue weighted by molar-refractivity contribution is -0.116. The second-order valence-corrected chi connectivity index (χ2v) is 18.3. The van der Waals surface area contributed by atoms with Crippen LogP contribution in [0.3, 0.4) is 0 Å². The van der Waals surface area contributed by atoms with Gasteiger partial charge in [0.1, 0.15) is 0 Å². The van der Waals surface area contributed by atoms with Crippen LogP contribution in [-0.2, 0) is 14.3 Å². The fourth-order valence-corrected chi connectivity index (χ4v) is 10.8. The summed E-state index contributed by atoms with van der Waals surface area (Å²) in [4.78, 5) is 81.0. The summed E-state index contributed by atoms with van der Waals surface area (Å²) in [5.74, 6) is -3.11. The molecule has 6 amide bonds. The van der Waals surface area contributed by atoms with E-state index in [9.17, 15) is 33.9 Å². The maximum Gasteiger partial charge on any atom is 0.253 e. The molecule has 2 rings (SSSR count). The van der Waals surface area contributed by atoms with E-state index in [1.165, 1.54) is 18.9 Å². The molecule has 0 fully saturated rings. The molecule has 2 aromatic rings.